The van der Waals surface area contributed by atoms with Crippen LogP contribution in [0.5, 0.6) is 0 Å². The summed E-state index contributed by atoms with van der Waals surface area (Å²) < 4.78 is 4.84. The quantitative estimate of drug-likeness (QED) is 0.783. The third-order valence-corrected chi connectivity index (χ3v) is 3.05. The number of benzene rings is 1. The highest BCUT2D eigenvalue weighted by molar-refractivity contribution is 5.94. The van der Waals surface area contributed by atoms with E-state index >= 15 is 0 Å². The third-order valence-electron chi connectivity index (χ3n) is 3.05. The molecule has 1 aromatic carbocycles. The molecule has 0 aliphatic rings. The molecule has 5 nitrogen and oxygen atoms in total. The van der Waals surface area contributed by atoms with Gasteiger partial charge in [-0.05, 0) is 31.4 Å². The number of esters is 1. The Morgan fingerprint density at radius 1 is 1.19 bits per heavy atom. The molecule has 0 bridgehead atoms. The summed E-state index contributed by atoms with van der Waals surface area (Å²) in [4.78, 5) is 33.9. The largest absolute Gasteiger partial charge is 0.456 e. The van der Waals surface area contributed by atoms with Gasteiger partial charge >= 0.3 is 5.97 Å². The van der Waals surface area contributed by atoms with E-state index in [4.69, 9.17) is 4.74 Å². The summed E-state index contributed by atoms with van der Waals surface area (Å²) in [5.41, 5.74) is 2.77. The van der Waals surface area contributed by atoms with Crippen molar-refractivity contribution in [1.82, 2.24) is 0 Å². The molecule has 1 N–H and O–H groups in total. The van der Waals surface area contributed by atoms with E-state index in [9.17, 15) is 14.4 Å². The van der Waals surface area contributed by atoms with E-state index < -0.39 is 5.97 Å². The number of anilines is 1. The molecular weight excluding hydrogens is 270 g/mol. The first-order valence-electron chi connectivity index (χ1n) is 6.97. The second-order valence-corrected chi connectivity index (χ2v) is 4.87. The van der Waals surface area contributed by atoms with Crippen molar-refractivity contribution >= 4 is 23.3 Å². The third kappa shape index (κ3) is 5.77. The molecule has 1 amide bonds. The van der Waals surface area contributed by atoms with Crippen molar-refractivity contribution in [3.8, 4) is 0 Å². The smallest absolute Gasteiger partial charge is 0.306 e. The monoisotopic (exact) mass is 291 g/mol. The average molecular weight is 291 g/mol. The standard InChI is InChI=1S/C16H21NO4/c1-4-13-7-5-6-11(2)16(13)17-14(19)10-21-15(20)9-8-12(3)18/h5-7H,4,8-10H2,1-3H3,(H,17,19). The lowest BCUT2D eigenvalue weighted by molar-refractivity contribution is -0.148. The van der Waals surface area contributed by atoms with Crippen LogP contribution in [-0.4, -0.2) is 24.3 Å². The van der Waals surface area contributed by atoms with Crippen LogP contribution in [0.15, 0.2) is 18.2 Å². The fourth-order valence-corrected chi connectivity index (χ4v) is 1.87. The number of carbonyl (C=O) groups is 3. The highest BCUT2D eigenvalue weighted by Crippen LogP contribution is 2.20. The normalized spacial score (nSPS) is 10.0. The van der Waals surface area contributed by atoms with E-state index in [1.165, 1.54) is 6.92 Å². The van der Waals surface area contributed by atoms with Gasteiger partial charge in [0.2, 0.25) is 0 Å². The number of carbonyl (C=O) groups excluding carboxylic acids is 3. The number of para-hydroxylation sites is 1. The van der Waals surface area contributed by atoms with Crippen molar-refractivity contribution in [2.45, 2.75) is 40.0 Å². The van der Waals surface area contributed by atoms with Gasteiger partial charge in [-0.1, -0.05) is 25.1 Å². The van der Waals surface area contributed by atoms with E-state index in [1.807, 2.05) is 32.0 Å². The summed E-state index contributed by atoms with van der Waals surface area (Å²) in [5.74, 6) is -1.00. The first-order chi connectivity index (χ1) is 9.93. The van der Waals surface area contributed by atoms with Crippen molar-refractivity contribution in [2.24, 2.45) is 0 Å². The SMILES string of the molecule is CCc1cccc(C)c1NC(=O)COC(=O)CCC(C)=O. The van der Waals surface area contributed by atoms with Crippen molar-refractivity contribution < 1.29 is 19.1 Å². The molecule has 0 atom stereocenters. The maximum atomic E-state index is 11.8. The summed E-state index contributed by atoms with van der Waals surface area (Å²) in [6.45, 7) is 4.98. The zero-order valence-corrected chi connectivity index (χ0v) is 12.7. The Bertz CT molecular complexity index is 537. The lowest BCUT2D eigenvalue weighted by Crippen LogP contribution is -2.22. The Hall–Kier alpha value is -2.17. The first kappa shape index (κ1) is 16.9. The molecule has 0 radical (unpaired) electrons. The number of nitrogens with one attached hydrogen (secondary N) is 1. The molecule has 21 heavy (non-hydrogen) atoms. The van der Waals surface area contributed by atoms with Crippen LogP contribution in [0, 0.1) is 6.92 Å². The molecule has 0 saturated carbocycles. The van der Waals surface area contributed by atoms with Crippen molar-refractivity contribution in [3.63, 3.8) is 0 Å². The molecule has 0 saturated heterocycles. The first-order valence-corrected chi connectivity index (χ1v) is 6.97. The van der Waals surface area contributed by atoms with Crippen molar-refractivity contribution in [1.29, 1.82) is 0 Å². The molecule has 0 aliphatic heterocycles. The van der Waals surface area contributed by atoms with E-state index in [0.717, 1.165) is 23.2 Å². The van der Waals surface area contributed by atoms with Gasteiger partial charge in [0.05, 0.1) is 6.42 Å². The number of hydrogen-bond acceptors (Lipinski definition) is 4. The van der Waals surface area contributed by atoms with Crippen LogP contribution in [0.4, 0.5) is 5.69 Å². The van der Waals surface area contributed by atoms with Gasteiger partial charge in [-0.3, -0.25) is 9.59 Å². The van der Waals surface area contributed by atoms with Crippen LogP contribution < -0.4 is 5.32 Å². The Balaban J connectivity index is 2.51. The predicted octanol–water partition coefficient (Wildman–Crippen LogP) is 2.41. The van der Waals surface area contributed by atoms with Crippen LogP contribution in [0.3, 0.4) is 0 Å². The molecule has 1 rings (SSSR count). The van der Waals surface area contributed by atoms with Gasteiger partial charge in [-0.2, -0.15) is 0 Å². The summed E-state index contributed by atoms with van der Waals surface area (Å²) >= 11 is 0. The van der Waals surface area contributed by atoms with Crippen molar-refractivity contribution in [2.75, 3.05) is 11.9 Å². The number of hydrogen-bond donors (Lipinski definition) is 1. The minimum Gasteiger partial charge on any atom is -0.456 e. The summed E-state index contributed by atoms with van der Waals surface area (Å²) in [7, 11) is 0. The van der Waals surface area contributed by atoms with Gasteiger partial charge < -0.3 is 14.8 Å². The van der Waals surface area contributed by atoms with Gasteiger partial charge in [0.15, 0.2) is 6.61 Å². The van der Waals surface area contributed by atoms with Crippen LogP contribution in [0.1, 0.15) is 37.8 Å². The zero-order chi connectivity index (χ0) is 15.8. The van der Waals surface area contributed by atoms with Crippen LogP contribution >= 0.6 is 0 Å². The van der Waals surface area contributed by atoms with Crippen molar-refractivity contribution in [3.05, 3.63) is 29.3 Å². The van der Waals surface area contributed by atoms with Crippen LogP contribution in [-0.2, 0) is 25.5 Å². The average Bonchev–Trinajstić information content (AvgIpc) is 2.45. The summed E-state index contributed by atoms with van der Waals surface area (Å²) in [6, 6.07) is 5.79. The second-order valence-electron chi connectivity index (χ2n) is 4.87. The Morgan fingerprint density at radius 2 is 1.90 bits per heavy atom. The Labute approximate surface area is 124 Å². The maximum Gasteiger partial charge on any atom is 0.306 e. The molecule has 114 valence electrons. The van der Waals surface area contributed by atoms with E-state index in [-0.39, 0.29) is 31.1 Å². The molecule has 0 unspecified atom stereocenters. The van der Waals surface area contributed by atoms with E-state index in [0.29, 0.717) is 0 Å². The summed E-state index contributed by atoms with van der Waals surface area (Å²) in [5, 5.41) is 2.77. The fraction of sp³-hybridized carbons (Fsp3) is 0.438. The maximum absolute atomic E-state index is 11.8. The van der Waals surface area contributed by atoms with Gasteiger partial charge in [0, 0.05) is 12.1 Å². The minimum absolute atomic E-state index is 0.00713. The number of amides is 1. The lowest BCUT2D eigenvalue weighted by Gasteiger charge is -2.13. The molecule has 0 aromatic heterocycles. The number of rotatable bonds is 7. The molecule has 5 heteroatoms. The lowest BCUT2D eigenvalue weighted by atomic mass is 10.1. The molecule has 0 aliphatic carbocycles. The van der Waals surface area contributed by atoms with Crippen LogP contribution in [0.2, 0.25) is 0 Å². The fourth-order valence-electron chi connectivity index (χ4n) is 1.87. The molecule has 0 fully saturated rings. The zero-order valence-electron chi connectivity index (χ0n) is 12.7. The number of Topliss-reactive ketones (excluding diaryl/α,β-unsaturated/α-hetero) is 1. The number of ether oxygens (including phenoxy) is 1. The predicted molar refractivity (Wildman–Crippen MR) is 80.1 cm³/mol. The van der Waals surface area contributed by atoms with E-state index in [2.05, 4.69) is 5.32 Å². The second kappa shape index (κ2) is 8.19. The number of ketones is 1. The molecular formula is C16H21NO4. The van der Waals surface area contributed by atoms with Gasteiger partial charge in [0.25, 0.3) is 5.91 Å². The van der Waals surface area contributed by atoms with Gasteiger partial charge in [0.1, 0.15) is 5.78 Å². The van der Waals surface area contributed by atoms with E-state index in [1.54, 1.807) is 0 Å². The van der Waals surface area contributed by atoms with Gasteiger partial charge in [-0.25, -0.2) is 0 Å². The Kier molecular flexibility index (Phi) is 6.59. The number of aryl methyl sites for hydroxylation is 2. The molecule has 0 heterocycles. The highest BCUT2D eigenvalue weighted by atomic mass is 16.5. The highest BCUT2D eigenvalue weighted by Gasteiger charge is 2.11. The Morgan fingerprint density at radius 3 is 2.52 bits per heavy atom. The minimum atomic E-state index is -0.541. The summed E-state index contributed by atoms with van der Waals surface area (Å²) in [6.07, 6.45) is 0.946. The molecule has 0 spiro atoms. The van der Waals surface area contributed by atoms with Gasteiger partial charge in [-0.15, -0.1) is 0 Å². The van der Waals surface area contributed by atoms with Crippen LogP contribution in [0.25, 0.3) is 0 Å². The topological polar surface area (TPSA) is 72.5 Å². The molecule has 1 aromatic rings.